The summed E-state index contributed by atoms with van der Waals surface area (Å²) in [5, 5.41) is 0. The van der Waals surface area contributed by atoms with Crippen molar-refractivity contribution in [3.8, 4) is 0 Å². The van der Waals surface area contributed by atoms with Crippen LogP contribution < -0.4 is 9.68 Å². The number of hydrogen-bond donors (Lipinski definition) is 0. The number of ether oxygens (including phenoxy) is 4. The maximum absolute atomic E-state index is 12.5. The summed E-state index contributed by atoms with van der Waals surface area (Å²) in [6.45, 7) is 2.28. The van der Waals surface area contributed by atoms with E-state index in [0.717, 1.165) is 12.8 Å². The molecule has 4 saturated heterocycles. The molecular weight excluding hydrogens is 396 g/mol. The van der Waals surface area contributed by atoms with Crippen LogP contribution in [0, 0.1) is 11.8 Å². The SMILES string of the molecule is O=C(On1ccnc1C1COC2OCCC21)On1ccnc1C1COC2OCCC21. The molecule has 2 aromatic rings. The van der Waals surface area contributed by atoms with E-state index in [1.807, 2.05) is 0 Å². The zero-order valence-electron chi connectivity index (χ0n) is 16.2. The van der Waals surface area contributed by atoms with E-state index >= 15 is 0 Å². The minimum Gasteiger partial charge on any atom is -0.352 e. The van der Waals surface area contributed by atoms with Crippen LogP contribution in [0.5, 0.6) is 0 Å². The molecule has 160 valence electrons. The molecular formula is C19H22N4O7. The lowest BCUT2D eigenvalue weighted by molar-refractivity contribution is -0.0907. The molecule has 4 aliphatic heterocycles. The zero-order chi connectivity index (χ0) is 20.1. The van der Waals surface area contributed by atoms with Crippen LogP contribution in [0.1, 0.15) is 36.3 Å². The summed E-state index contributed by atoms with van der Waals surface area (Å²) in [4.78, 5) is 32.1. The Morgan fingerprint density at radius 3 is 1.83 bits per heavy atom. The Hall–Kier alpha value is -2.47. The van der Waals surface area contributed by atoms with E-state index in [2.05, 4.69) is 9.97 Å². The van der Waals surface area contributed by atoms with Gasteiger partial charge in [0.2, 0.25) is 0 Å². The Balaban J connectivity index is 1.15. The minimum atomic E-state index is -0.884. The first-order valence-corrected chi connectivity index (χ1v) is 10.2. The van der Waals surface area contributed by atoms with E-state index in [1.54, 1.807) is 24.8 Å². The first-order chi connectivity index (χ1) is 14.8. The number of imidazole rings is 2. The quantitative estimate of drug-likeness (QED) is 0.709. The van der Waals surface area contributed by atoms with Gasteiger partial charge in [0, 0.05) is 24.2 Å². The first-order valence-electron chi connectivity index (χ1n) is 10.2. The van der Waals surface area contributed by atoms with Crippen molar-refractivity contribution < 1.29 is 33.4 Å². The first kappa shape index (κ1) is 18.3. The molecule has 2 aromatic heterocycles. The highest BCUT2D eigenvalue weighted by atomic mass is 16.9. The fourth-order valence-electron chi connectivity index (χ4n) is 4.92. The summed E-state index contributed by atoms with van der Waals surface area (Å²) >= 11 is 0. The van der Waals surface area contributed by atoms with Gasteiger partial charge < -0.3 is 18.9 Å². The standard InChI is InChI=1S/C19H22N4O7/c24-19(29-22-5-3-20-15(22)13-9-27-17-11(13)1-7-25-17)30-23-6-4-21-16(23)14-10-28-18-12(14)2-8-26-18/h3-6,11-14,17-18H,1-2,7-10H2. The van der Waals surface area contributed by atoms with Gasteiger partial charge in [-0.05, 0) is 12.8 Å². The van der Waals surface area contributed by atoms with E-state index in [-0.39, 0.29) is 36.3 Å². The Bertz CT molecular complexity index is 857. The second-order valence-electron chi connectivity index (χ2n) is 7.92. The highest BCUT2D eigenvalue weighted by molar-refractivity contribution is 5.60. The zero-order valence-corrected chi connectivity index (χ0v) is 16.2. The molecule has 0 N–H and O–H groups in total. The van der Waals surface area contributed by atoms with Gasteiger partial charge in [0.1, 0.15) is 0 Å². The smallest absolute Gasteiger partial charge is 0.352 e. The van der Waals surface area contributed by atoms with Crippen LogP contribution in [0.4, 0.5) is 4.79 Å². The average Bonchev–Trinajstić information content (AvgIpc) is 3.51. The van der Waals surface area contributed by atoms with Crippen molar-refractivity contribution in [2.24, 2.45) is 11.8 Å². The van der Waals surface area contributed by atoms with Crippen LogP contribution in [0.2, 0.25) is 0 Å². The number of aromatic nitrogens is 4. The molecule has 4 fully saturated rings. The Morgan fingerprint density at radius 1 is 0.833 bits per heavy atom. The van der Waals surface area contributed by atoms with Gasteiger partial charge in [0.05, 0.1) is 50.7 Å². The topological polar surface area (TPSA) is 108 Å². The Labute approximate surface area is 171 Å². The lowest BCUT2D eigenvalue weighted by Gasteiger charge is -2.17. The van der Waals surface area contributed by atoms with E-state index in [1.165, 1.54) is 9.46 Å². The second-order valence-corrected chi connectivity index (χ2v) is 7.92. The third-order valence-electron chi connectivity index (χ3n) is 6.36. The molecule has 4 aliphatic rings. The van der Waals surface area contributed by atoms with E-state index < -0.39 is 6.16 Å². The maximum Gasteiger partial charge on any atom is 0.559 e. The summed E-state index contributed by atoms with van der Waals surface area (Å²) in [6.07, 6.45) is 6.81. The van der Waals surface area contributed by atoms with Crippen molar-refractivity contribution in [3.63, 3.8) is 0 Å². The number of rotatable bonds is 4. The minimum absolute atomic E-state index is 0.000886. The van der Waals surface area contributed by atoms with Gasteiger partial charge in [0.25, 0.3) is 0 Å². The van der Waals surface area contributed by atoms with Gasteiger partial charge in [0.15, 0.2) is 24.2 Å². The molecule has 0 bridgehead atoms. The summed E-state index contributed by atoms with van der Waals surface area (Å²) < 4.78 is 25.2. The molecule has 6 rings (SSSR count). The molecule has 0 saturated carbocycles. The number of hydrogen-bond acceptors (Lipinski definition) is 9. The van der Waals surface area contributed by atoms with Crippen LogP contribution in [0.25, 0.3) is 0 Å². The summed E-state index contributed by atoms with van der Waals surface area (Å²) in [5.41, 5.74) is 0. The predicted molar refractivity (Wildman–Crippen MR) is 96.1 cm³/mol. The molecule has 0 spiro atoms. The van der Waals surface area contributed by atoms with Crippen LogP contribution in [0.15, 0.2) is 24.8 Å². The molecule has 6 atom stereocenters. The van der Waals surface area contributed by atoms with E-state index in [9.17, 15) is 4.79 Å². The molecule has 11 nitrogen and oxygen atoms in total. The molecule has 0 aliphatic carbocycles. The molecule has 6 unspecified atom stereocenters. The van der Waals surface area contributed by atoms with Gasteiger partial charge in [-0.25, -0.2) is 9.97 Å². The Morgan fingerprint density at radius 2 is 1.33 bits per heavy atom. The fourth-order valence-corrected chi connectivity index (χ4v) is 4.92. The van der Waals surface area contributed by atoms with Crippen molar-refractivity contribution in [1.82, 2.24) is 19.4 Å². The lowest BCUT2D eigenvalue weighted by Crippen LogP contribution is -2.32. The molecule has 0 aromatic carbocycles. The summed E-state index contributed by atoms with van der Waals surface area (Å²) in [6, 6.07) is 0. The molecule has 11 heteroatoms. The van der Waals surface area contributed by atoms with Crippen LogP contribution >= 0.6 is 0 Å². The number of nitrogens with zero attached hydrogens (tertiary/aromatic N) is 4. The van der Waals surface area contributed by atoms with Crippen molar-refractivity contribution >= 4 is 6.16 Å². The largest absolute Gasteiger partial charge is 0.559 e. The van der Waals surface area contributed by atoms with Crippen molar-refractivity contribution in [3.05, 3.63) is 36.4 Å². The van der Waals surface area contributed by atoms with Crippen LogP contribution in [0.3, 0.4) is 0 Å². The van der Waals surface area contributed by atoms with Crippen LogP contribution in [-0.4, -0.2) is 64.6 Å². The molecule has 30 heavy (non-hydrogen) atoms. The maximum atomic E-state index is 12.5. The van der Waals surface area contributed by atoms with Gasteiger partial charge in [-0.15, -0.1) is 0 Å². The highest BCUT2D eigenvalue weighted by Crippen LogP contribution is 2.41. The van der Waals surface area contributed by atoms with Crippen molar-refractivity contribution in [2.45, 2.75) is 37.3 Å². The summed E-state index contributed by atoms with van der Waals surface area (Å²) in [7, 11) is 0. The van der Waals surface area contributed by atoms with Gasteiger partial charge >= 0.3 is 6.16 Å². The Kier molecular flexibility index (Phi) is 4.48. The second kappa shape index (κ2) is 7.34. The van der Waals surface area contributed by atoms with Crippen LogP contribution in [-0.2, 0) is 18.9 Å². The van der Waals surface area contributed by atoms with Crippen molar-refractivity contribution in [1.29, 1.82) is 0 Å². The van der Waals surface area contributed by atoms with Crippen molar-refractivity contribution in [2.75, 3.05) is 26.4 Å². The average molecular weight is 418 g/mol. The summed E-state index contributed by atoms with van der Waals surface area (Å²) in [5.74, 6) is 1.64. The third kappa shape index (κ3) is 3.00. The monoisotopic (exact) mass is 418 g/mol. The fraction of sp³-hybridized carbons (Fsp3) is 0.632. The van der Waals surface area contributed by atoms with Gasteiger partial charge in [-0.1, -0.05) is 0 Å². The van der Waals surface area contributed by atoms with E-state index in [4.69, 9.17) is 28.6 Å². The highest BCUT2D eigenvalue weighted by Gasteiger charge is 2.45. The normalized spacial score (nSPS) is 34.8. The third-order valence-corrected chi connectivity index (χ3v) is 6.36. The molecule has 6 heterocycles. The van der Waals surface area contributed by atoms with E-state index in [0.29, 0.717) is 38.1 Å². The van der Waals surface area contributed by atoms with Gasteiger partial charge in [-0.2, -0.15) is 14.3 Å². The predicted octanol–water partition coefficient (Wildman–Crippen LogP) is 0.710. The number of carbonyl (C=O) groups excluding carboxylic acids is 1. The van der Waals surface area contributed by atoms with Gasteiger partial charge in [-0.3, -0.25) is 9.68 Å². The number of fused-ring (bicyclic) bond motifs is 2. The molecule has 0 amide bonds. The lowest BCUT2D eigenvalue weighted by atomic mass is 9.93. The molecule has 0 radical (unpaired) electrons. The number of carbonyl (C=O) groups is 1.